The van der Waals surface area contributed by atoms with Crippen LogP contribution >= 0.6 is 0 Å². The average Bonchev–Trinajstić information content (AvgIpc) is 2.67. The summed E-state index contributed by atoms with van der Waals surface area (Å²) < 4.78 is 1.06. The Balaban J connectivity index is 2.23. The molecule has 6 nitrogen and oxygen atoms in total. The average molecular weight is 248 g/mol. The monoisotopic (exact) mass is 248 g/mol. The van der Waals surface area contributed by atoms with E-state index in [9.17, 15) is 9.59 Å². The van der Waals surface area contributed by atoms with Crippen LogP contribution in [0.5, 0.6) is 0 Å². The fraction of sp³-hybridized carbons (Fsp3) is 0.333. The fourth-order valence-corrected chi connectivity index (χ4v) is 1.63. The molecule has 0 bridgehead atoms. The molecule has 1 aromatic heterocycles. The van der Waals surface area contributed by atoms with Crippen molar-refractivity contribution in [3.63, 3.8) is 0 Å². The minimum atomic E-state index is -0.465. The van der Waals surface area contributed by atoms with Crippen LogP contribution in [0.2, 0.25) is 0 Å². The zero-order chi connectivity index (χ0) is 13.1. The van der Waals surface area contributed by atoms with Gasteiger partial charge in [-0.1, -0.05) is 26.0 Å². The van der Waals surface area contributed by atoms with Gasteiger partial charge in [-0.2, -0.15) is 0 Å². The number of nitrogens with zero attached hydrogens (tertiary/aromatic N) is 1. The van der Waals surface area contributed by atoms with Crippen molar-refractivity contribution in [1.29, 1.82) is 0 Å². The number of aromatic nitrogens is 3. The Kier molecular flexibility index (Phi) is 3.47. The lowest BCUT2D eigenvalue weighted by Crippen LogP contribution is -2.24. The SMILES string of the molecule is CC(C)NCc1ccc(-n2c(=O)[nH][nH]c2=O)cc1. The molecule has 18 heavy (non-hydrogen) atoms. The second kappa shape index (κ2) is 5.05. The topological polar surface area (TPSA) is 82.7 Å². The van der Waals surface area contributed by atoms with Crippen LogP contribution in [0.4, 0.5) is 0 Å². The molecule has 0 fully saturated rings. The van der Waals surface area contributed by atoms with E-state index in [4.69, 9.17) is 0 Å². The quantitative estimate of drug-likeness (QED) is 0.730. The summed E-state index contributed by atoms with van der Waals surface area (Å²) in [6, 6.07) is 7.71. The first-order valence-corrected chi connectivity index (χ1v) is 5.80. The molecule has 3 N–H and O–H groups in total. The van der Waals surface area contributed by atoms with Crippen molar-refractivity contribution in [1.82, 2.24) is 20.1 Å². The normalized spacial score (nSPS) is 11.1. The highest BCUT2D eigenvalue weighted by atomic mass is 16.2. The van der Waals surface area contributed by atoms with Crippen molar-refractivity contribution in [2.75, 3.05) is 0 Å². The van der Waals surface area contributed by atoms with Crippen molar-refractivity contribution in [3.8, 4) is 5.69 Å². The predicted molar refractivity (Wildman–Crippen MR) is 69.0 cm³/mol. The van der Waals surface area contributed by atoms with Gasteiger partial charge in [-0.05, 0) is 17.7 Å². The minimum Gasteiger partial charge on any atom is -0.310 e. The third-order valence-electron chi connectivity index (χ3n) is 2.59. The van der Waals surface area contributed by atoms with Gasteiger partial charge in [0, 0.05) is 12.6 Å². The number of rotatable bonds is 4. The van der Waals surface area contributed by atoms with Crippen LogP contribution in [0.15, 0.2) is 33.9 Å². The van der Waals surface area contributed by atoms with Gasteiger partial charge in [0.05, 0.1) is 5.69 Å². The van der Waals surface area contributed by atoms with Crippen LogP contribution in [0.3, 0.4) is 0 Å². The minimum absolute atomic E-state index is 0.416. The highest BCUT2D eigenvalue weighted by Gasteiger charge is 2.05. The number of hydrogen-bond donors (Lipinski definition) is 3. The number of nitrogens with one attached hydrogen (secondary N) is 3. The molecule has 2 aromatic rings. The van der Waals surface area contributed by atoms with Crippen LogP contribution in [-0.2, 0) is 6.54 Å². The number of aromatic amines is 2. The van der Waals surface area contributed by atoms with E-state index in [0.717, 1.165) is 16.7 Å². The third-order valence-corrected chi connectivity index (χ3v) is 2.59. The molecule has 96 valence electrons. The van der Waals surface area contributed by atoms with Crippen LogP contribution in [0, 0.1) is 0 Å². The largest absolute Gasteiger partial charge is 0.348 e. The molecule has 0 radical (unpaired) electrons. The zero-order valence-electron chi connectivity index (χ0n) is 10.4. The van der Waals surface area contributed by atoms with Gasteiger partial charge < -0.3 is 5.32 Å². The first-order chi connectivity index (χ1) is 8.58. The highest BCUT2D eigenvalue weighted by Crippen LogP contribution is 2.06. The van der Waals surface area contributed by atoms with Gasteiger partial charge in [-0.25, -0.2) is 24.4 Å². The first kappa shape index (κ1) is 12.4. The fourth-order valence-electron chi connectivity index (χ4n) is 1.63. The summed E-state index contributed by atoms with van der Waals surface area (Å²) in [6.07, 6.45) is 0. The van der Waals surface area contributed by atoms with E-state index in [-0.39, 0.29) is 0 Å². The molecular weight excluding hydrogens is 232 g/mol. The zero-order valence-corrected chi connectivity index (χ0v) is 10.4. The maximum atomic E-state index is 11.4. The molecular formula is C12H16N4O2. The Labute approximate surface area is 104 Å². The van der Waals surface area contributed by atoms with Crippen molar-refractivity contribution in [3.05, 3.63) is 50.8 Å². The van der Waals surface area contributed by atoms with E-state index in [0.29, 0.717) is 11.7 Å². The first-order valence-electron chi connectivity index (χ1n) is 5.80. The standard InChI is InChI=1S/C12H16N4O2/c1-8(2)13-7-9-3-5-10(6-4-9)16-11(17)14-15-12(16)18/h3-6,8,13H,7H2,1-2H3,(H,14,17)(H,15,18). The van der Waals surface area contributed by atoms with Crippen LogP contribution in [-0.4, -0.2) is 20.8 Å². The second-order valence-corrected chi connectivity index (χ2v) is 4.40. The van der Waals surface area contributed by atoms with Crippen molar-refractivity contribution >= 4 is 0 Å². The van der Waals surface area contributed by atoms with Crippen LogP contribution in [0.1, 0.15) is 19.4 Å². The number of H-pyrrole nitrogens is 2. The lowest BCUT2D eigenvalue weighted by Gasteiger charge is -2.08. The van der Waals surface area contributed by atoms with E-state index >= 15 is 0 Å². The number of benzene rings is 1. The van der Waals surface area contributed by atoms with Gasteiger partial charge >= 0.3 is 11.4 Å². The van der Waals surface area contributed by atoms with E-state index in [1.807, 2.05) is 12.1 Å². The second-order valence-electron chi connectivity index (χ2n) is 4.40. The summed E-state index contributed by atoms with van der Waals surface area (Å²) in [6.45, 7) is 4.91. The molecule has 0 aliphatic carbocycles. The lowest BCUT2D eigenvalue weighted by molar-refractivity contribution is 0.589. The van der Waals surface area contributed by atoms with E-state index < -0.39 is 11.4 Å². The molecule has 0 unspecified atom stereocenters. The number of hydrogen-bond acceptors (Lipinski definition) is 3. The summed E-state index contributed by atoms with van der Waals surface area (Å²) in [5.74, 6) is 0. The molecule has 0 saturated heterocycles. The van der Waals surface area contributed by atoms with Gasteiger partial charge in [0.25, 0.3) is 0 Å². The Morgan fingerprint density at radius 1 is 1.11 bits per heavy atom. The summed E-state index contributed by atoms with van der Waals surface area (Å²) in [5, 5.41) is 7.79. The third kappa shape index (κ3) is 2.60. The molecule has 0 amide bonds. The van der Waals surface area contributed by atoms with Crippen molar-refractivity contribution < 1.29 is 0 Å². The molecule has 6 heteroatoms. The van der Waals surface area contributed by atoms with Crippen molar-refractivity contribution in [2.45, 2.75) is 26.4 Å². The summed E-state index contributed by atoms with van der Waals surface area (Å²) in [7, 11) is 0. The predicted octanol–water partition coefficient (Wildman–Crippen LogP) is 0.352. The smallest absolute Gasteiger partial charge is 0.310 e. The van der Waals surface area contributed by atoms with Crippen LogP contribution in [0.25, 0.3) is 5.69 Å². The van der Waals surface area contributed by atoms with Gasteiger partial charge in [-0.15, -0.1) is 0 Å². The lowest BCUT2D eigenvalue weighted by atomic mass is 10.2. The Morgan fingerprint density at radius 3 is 2.17 bits per heavy atom. The highest BCUT2D eigenvalue weighted by molar-refractivity contribution is 5.34. The Morgan fingerprint density at radius 2 is 1.67 bits per heavy atom. The molecule has 0 saturated carbocycles. The maximum absolute atomic E-state index is 11.4. The van der Waals surface area contributed by atoms with E-state index in [2.05, 4.69) is 29.4 Å². The molecule has 1 heterocycles. The molecule has 0 aliphatic heterocycles. The summed E-state index contributed by atoms with van der Waals surface area (Å²) >= 11 is 0. The molecule has 0 spiro atoms. The Hall–Kier alpha value is -2.08. The molecule has 0 atom stereocenters. The molecule has 2 rings (SSSR count). The summed E-state index contributed by atoms with van der Waals surface area (Å²) in [4.78, 5) is 22.8. The molecule has 1 aromatic carbocycles. The van der Waals surface area contributed by atoms with Gasteiger partial charge in [0.1, 0.15) is 0 Å². The van der Waals surface area contributed by atoms with Crippen molar-refractivity contribution in [2.24, 2.45) is 0 Å². The van der Waals surface area contributed by atoms with Gasteiger partial charge in [-0.3, -0.25) is 0 Å². The van der Waals surface area contributed by atoms with Crippen LogP contribution < -0.4 is 16.7 Å². The Bertz CT molecular complexity index is 591. The maximum Gasteiger partial charge on any atom is 0.348 e. The van der Waals surface area contributed by atoms with E-state index in [1.165, 1.54) is 0 Å². The van der Waals surface area contributed by atoms with Gasteiger partial charge in [0.2, 0.25) is 0 Å². The molecule has 0 aliphatic rings. The van der Waals surface area contributed by atoms with Gasteiger partial charge in [0.15, 0.2) is 0 Å². The van der Waals surface area contributed by atoms with E-state index in [1.54, 1.807) is 12.1 Å². The summed E-state index contributed by atoms with van der Waals surface area (Å²) in [5.41, 5.74) is 0.726.